The number of anilines is 1. The van der Waals surface area contributed by atoms with Crippen LogP contribution in [-0.4, -0.2) is 20.4 Å². The van der Waals surface area contributed by atoms with Gasteiger partial charge < -0.3 is 5.32 Å². The van der Waals surface area contributed by atoms with Gasteiger partial charge in [-0.1, -0.05) is 31.2 Å². The van der Waals surface area contributed by atoms with E-state index < -0.39 is 26.2 Å². The number of benzene rings is 2. The summed E-state index contributed by atoms with van der Waals surface area (Å²) in [5.41, 5.74) is 0.657. The van der Waals surface area contributed by atoms with Crippen LogP contribution in [0, 0.1) is 5.82 Å². The SMILES string of the molecule is CC[C@@H](C)NC(=O)C1(c2ccc(NS(=O)(=O)c3ccccc3F)cc2)CC1. The Hall–Kier alpha value is -2.41. The van der Waals surface area contributed by atoms with E-state index in [0.717, 1.165) is 30.9 Å². The van der Waals surface area contributed by atoms with Gasteiger partial charge in [-0.15, -0.1) is 0 Å². The molecule has 1 saturated carbocycles. The first-order chi connectivity index (χ1) is 12.8. The molecule has 0 aromatic heterocycles. The van der Waals surface area contributed by atoms with Gasteiger partial charge in [-0.05, 0) is 56.0 Å². The number of halogens is 1. The van der Waals surface area contributed by atoms with Gasteiger partial charge in [0.05, 0.1) is 5.41 Å². The molecule has 2 aromatic rings. The van der Waals surface area contributed by atoms with Crippen molar-refractivity contribution >= 4 is 21.6 Å². The number of hydrogen-bond donors (Lipinski definition) is 2. The van der Waals surface area contributed by atoms with E-state index in [0.29, 0.717) is 5.69 Å². The molecule has 1 atom stereocenters. The molecule has 2 N–H and O–H groups in total. The molecule has 3 rings (SSSR count). The molecular weight excluding hydrogens is 367 g/mol. The number of sulfonamides is 1. The number of carbonyl (C=O) groups is 1. The molecule has 2 aromatic carbocycles. The van der Waals surface area contributed by atoms with Crippen LogP contribution in [0.4, 0.5) is 10.1 Å². The van der Waals surface area contributed by atoms with E-state index in [9.17, 15) is 17.6 Å². The van der Waals surface area contributed by atoms with Gasteiger partial charge in [-0.25, -0.2) is 12.8 Å². The highest BCUT2D eigenvalue weighted by Crippen LogP contribution is 2.48. The van der Waals surface area contributed by atoms with Gasteiger partial charge in [0.15, 0.2) is 0 Å². The van der Waals surface area contributed by atoms with Crippen molar-refractivity contribution in [3.05, 3.63) is 59.9 Å². The Bertz CT molecular complexity index is 938. The third-order valence-corrected chi connectivity index (χ3v) is 6.40. The summed E-state index contributed by atoms with van der Waals surface area (Å²) < 4.78 is 40.9. The maximum Gasteiger partial charge on any atom is 0.264 e. The Kier molecular flexibility index (Phi) is 5.24. The largest absolute Gasteiger partial charge is 0.353 e. The Labute approximate surface area is 159 Å². The van der Waals surface area contributed by atoms with Crippen LogP contribution in [-0.2, 0) is 20.2 Å². The fourth-order valence-corrected chi connectivity index (χ4v) is 4.10. The summed E-state index contributed by atoms with van der Waals surface area (Å²) in [5.74, 6) is -0.795. The molecule has 0 spiro atoms. The average molecular weight is 390 g/mol. The highest BCUT2D eigenvalue weighted by Gasteiger charge is 2.51. The van der Waals surface area contributed by atoms with Crippen molar-refractivity contribution in [3.63, 3.8) is 0 Å². The van der Waals surface area contributed by atoms with Crippen molar-refractivity contribution in [1.29, 1.82) is 0 Å². The van der Waals surface area contributed by atoms with Crippen LogP contribution in [0.3, 0.4) is 0 Å². The number of nitrogens with one attached hydrogen (secondary N) is 2. The minimum absolute atomic E-state index is 0.0107. The molecule has 144 valence electrons. The lowest BCUT2D eigenvalue weighted by molar-refractivity contribution is -0.124. The fraction of sp³-hybridized carbons (Fsp3) is 0.350. The number of carbonyl (C=O) groups excluding carboxylic acids is 1. The van der Waals surface area contributed by atoms with Gasteiger partial charge in [0, 0.05) is 11.7 Å². The molecule has 0 aliphatic heterocycles. The molecule has 1 aliphatic carbocycles. The summed E-state index contributed by atoms with van der Waals surface area (Å²) >= 11 is 0. The van der Waals surface area contributed by atoms with Crippen LogP contribution >= 0.6 is 0 Å². The lowest BCUT2D eigenvalue weighted by Crippen LogP contribution is -2.39. The van der Waals surface area contributed by atoms with Crippen LogP contribution in [0.5, 0.6) is 0 Å². The molecule has 0 saturated heterocycles. The predicted molar refractivity (Wildman–Crippen MR) is 102 cm³/mol. The minimum atomic E-state index is -4.02. The van der Waals surface area contributed by atoms with Crippen molar-refractivity contribution in [2.45, 2.75) is 49.5 Å². The smallest absolute Gasteiger partial charge is 0.264 e. The zero-order chi connectivity index (χ0) is 19.7. The standard InChI is InChI=1S/C20H23FN2O3S/c1-3-14(2)22-19(24)20(12-13-20)15-8-10-16(11-9-15)23-27(25,26)18-7-5-4-6-17(18)21/h4-11,14,23H,3,12-13H2,1-2H3,(H,22,24)/t14-/m1/s1. The molecule has 5 nitrogen and oxygen atoms in total. The van der Waals surface area contributed by atoms with Gasteiger partial charge in [-0.2, -0.15) is 0 Å². The minimum Gasteiger partial charge on any atom is -0.353 e. The van der Waals surface area contributed by atoms with Gasteiger partial charge in [0.2, 0.25) is 5.91 Å². The second kappa shape index (κ2) is 7.31. The number of hydrogen-bond acceptors (Lipinski definition) is 3. The normalized spacial score (nSPS) is 16.4. The summed E-state index contributed by atoms with van der Waals surface area (Å²) in [4.78, 5) is 12.2. The Morgan fingerprint density at radius 1 is 1.15 bits per heavy atom. The van der Waals surface area contributed by atoms with Gasteiger partial charge >= 0.3 is 0 Å². The highest BCUT2D eigenvalue weighted by molar-refractivity contribution is 7.92. The highest BCUT2D eigenvalue weighted by atomic mass is 32.2. The third-order valence-electron chi connectivity index (χ3n) is 4.99. The van der Waals surface area contributed by atoms with Gasteiger partial charge in [0.1, 0.15) is 10.7 Å². The Morgan fingerprint density at radius 2 is 1.78 bits per heavy atom. The van der Waals surface area contributed by atoms with Crippen molar-refractivity contribution in [3.8, 4) is 0 Å². The fourth-order valence-electron chi connectivity index (χ4n) is 2.97. The van der Waals surface area contributed by atoms with Crippen LogP contribution < -0.4 is 10.0 Å². The van der Waals surface area contributed by atoms with E-state index in [1.807, 2.05) is 13.8 Å². The van der Waals surface area contributed by atoms with E-state index in [1.54, 1.807) is 24.3 Å². The molecule has 1 aliphatic rings. The summed E-state index contributed by atoms with van der Waals surface area (Å²) in [6.07, 6.45) is 2.41. The molecule has 0 heterocycles. The summed E-state index contributed by atoms with van der Waals surface area (Å²) in [5, 5.41) is 3.02. The van der Waals surface area contributed by atoms with Crippen molar-refractivity contribution in [2.24, 2.45) is 0 Å². The van der Waals surface area contributed by atoms with Gasteiger partial charge in [-0.3, -0.25) is 9.52 Å². The predicted octanol–water partition coefficient (Wildman–Crippen LogP) is 3.57. The van der Waals surface area contributed by atoms with Crippen LogP contribution in [0.25, 0.3) is 0 Å². The maximum atomic E-state index is 13.8. The van der Waals surface area contributed by atoms with E-state index in [2.05, 4.69) is 10.0 Å². The summed E-state index contributed by atoms with van der Waals surface area (Å²) in [7, 11) is -4.02. The zero-order valence-corrected chi connectivity index (χ0v) is 16.1. The Balaban J connectivity index is 1.76. The quantitative estimate of drug-likeness (QED) is 0.759. The second-order valence-electron chi connectivity index (χ2n) is 6.98. The van der Waals surface area contributed by atoms with Crippen molar-refractivity contribution < 1.29 is 17.6 Å². The molecule has 1 amide bonds. The zero-order valence-electron chi connectivity index (χ0n) is 15.3. The molecule has 0 bridgehead atoms. The van der Waals surface area contributed by atoms with E-state index in [1.165, 1.54) is 18.2 Å². The number of rotatable bonds is 7. The van der Waals surface area contributed by atoms with Crippen molar-refractivity contribution in [1.82, 2.24) is 5.32 Å². The summed E-state index contributed by atoms with van der Waals surface area (Å²) in [6.45, 7) is 3.98. The monoisotopic (exact) mass is 390 g/mol. The molecule has 0 radical (unpaired) electrons. The molecular formula is C20H23FN2O3S. The van der Waals surface area contributed by atoms with Crippen LogP contribution in [0.2, 0.25) is 0 Å². The van der Waals surface area contributed by atoms with E-state index in [4.69, 9.17) is 0 Å². The van der Waals surface area contributed by atoms with Crippen LogP contribution in [0.15, 0.2) is 53.4 Å². The number of amides is 1. The molecule has 27 heavy (non-hydrogen) atoms. The average Bonchev–Trinajstić information content (AvgIpc) is 3.44. The molecule has 1 fully saturated rings. The second-order valence-corrected chi connectivity index (χ2v) is 8.63. The molecule has 0 unspecified atom stereocenters. The lowest BCUT2D eigenvalue weighted by Gasteiger charge is -2.19. The van der Waals surface area contributed by atoms with Crippen molar-refractivity contribution in [2.75, 3.05) is 4.72 Å². The van der Waals surface area contributed by atoms with Gasteiger partial charge in [0.25, 0.3) is 10.0 Å². The summed E-state index contributed by atoms with van der Waals surface area (Å²) in [6, 6.07) is 12.0. The van der Waals surface area contributed by atoms with E-state index in [-0.39, 0.29) is 11.9 Å². The Morgan fingerprint density at radius 3 is 2.33 bits per heavy atom. The first-order valence-corrected chi connectivity index (χ1v) is 10.5. The van der Waals surface area contributed by atoms with Crippen LogP contribution in [0.1, 0.15) is 38.7 Å². The van der Waals surface area contributed by atoms with E-state index >= 15 is 0 Å². The molecule has 7 heteroatoms. The lowest BCUT2D eigenvalue weighted by atomic mass is 9.94. The third kappa shape index (κ3) is 3.98. The maximum absolute atomic E-state index is 13.8. The topological polar surface area (TPSA) is 75.3 Å². The first-order valence-electron chi connectivity index (χ1n) is 8.97. The first kappa shape index (κ1) is 19.4.